The Balaban J connectivity index is 0.000000236. The third kappa shape index (κ3) is 15.1. The molecule has 0 bridgehead atoms. The van der Waals surface area contributed by atoms with E-state index in [9.17, 15) is 72.5 Å². The van der Waals surface area contributed by atoms with Gasteiger partial charge in [-0.1, -0.05) is 60.7 Å². The van der Waals surface area contributed by atoms with Crippen LogP contribution in [0.5, 0.6) is 0 Å². The molecule has 0 radical (unpaired) electrons. The number of carbonyl (C=O) groups is 2. The first kappa shape index (κ1) is 63.7. The number of nitrogens with one attached hydrogen (secondary N) is 1. The topological polar surface area (TPSA) is 136 Å². The molecule has 2 amide bonds. The van der Waals surface area contributed by atoms with Crippen LogP contribution in [-0.4, -0.2) is 99.6 Å². The lowest BCUT2D eigenvalue weighted by molar-refractivity contribution is -0.145. The molecule has 4 atom stereocenters. The number of amides is 2. The minimum Gasteiger partial charge on any atom is -0.390 e. The summed E-state index contributed by atoms with van der Waals surface area (Å²) in [6, 6.07) is 21.5. The van der Waals surface area contributed by atoms with Gasteiger partial charge in [-0.15, -0.1) is 0 Å². The van der Waals surface area contributed by atoms with Gasteiger partial charge in [0.25, 0.3) is 0 Å². The van der Waals surface area contributed by atoms with Crippen LogP contribution in [0.2, 0.25) is 0 Å². The lowest BCUT2D eigenvalue weighted by Crippen LogP contribution is -2.66. The van der Waals surface area contributed by atoms with Gasteiger partial charge in [0.1, 0.15) is 13.1 Å². The first-order valence-corrected chi connectivity index (χ1v) is 26.7. The number of nitrogens with zero attached hydrogens (tertiary/aromatic N) is 4. The highest BCUT2D eigenvalue weighted by Gasteiger charge is 2.53. The molecule has 2 fully saturated rings. The van der Waals surface area contributed by atoms with Crippen LogP contribution in [0.25, 0.3) is 0 Å². The Kier molecular flexibility index (Phi) is 18.4. The summed E-state index contributed by atoms with van der Waals surface area (Å²) in [5.74, 6) is -0.352. The highest BCUT2D eigenvalue weighted by molar-refractivity contribution is 5.95. The molecule has 0 unspecified atom stereocenters. The highest BCUT2D eigenvalue weighted by Crippen LogP contribution is 2.50. The van der Waals surface area contributed by atoms with Crippen molar-refractivity contribution in [3.63, 3.8) is 0 Å². The summed E-state index contributed by atoms with van der Waals surface area (Å²) in [5, 5.41) is 24.9. The number of carbonyl (C=O) groups excluding carboxylic acids is 2. The third-order valence-corrected chi connectivity index (χ3v) is 15.9. The minimum atomic E-state index is -4.97. The molecule has 11 nitrogen and oxygen atoms in total. The first-order valence-electron chi connectivity index (χ1n) is 26.7. The van der Waals surface area contributed by atoms with Crippen LogP contribution in [0.4, 0.5) is 52.7 Å². The number of rotatable bonds is 16. The minimum absolute atomic E-state index is 0.00889. The maximum atomic E-state index is 13.4. The molecular formula is C59H67F12N5O6. The monoisotopic (exact) mass is 1170 g/mol. The van der Waals surface area contributed by atoms with E-state index in [1.807, 2.05) is 60.7 Å². The van der Waals surface area contributed by atoms with Gasteiger partial charge in [-0.2, -0.15) is 52.7 Å². The number of piperidine rings is 1. The Hall–Kier alpha value is -5.88. The van der Waals surface area contributed by atoms with Gasteiger partial charge in [-0.25, -0.2) is 0 Å². The molecule has 3 N–H and O–H groups in total. The van der Waals surface area contributed by atoms with Crippen molar-refractivity contribution in [1.82, 2.24) is 15.1 Å². The predicted molar refractivity (Wildman–Crippen MR) is 281 cm³/mol. The Morgan fingerprint density at radius 2 is 0.890 bits per heavy atom. The number of benzene rings is 4. The van der Waals surface area contributed by atoms with Crippen LogP contribution < -0.4 is 5.32 Å². The number of halogens is 12. The molecule has 3 aliphatic heterocycles. The second-order valence-corrected chi connectivity index (χ2v) is 23.4. The number of alkyl halides is 12. The first-order chi connectivity index (χ1) is 37.9. The van der Waals surface area contributed by atoms with Gasteiger partial charge in [-0.05, 0) is 145 Å². The summed E-state index contributed by atoms with van der Waals surface area (Å²) >= 11 is 0. The fourth-order valence-corrected chi connectivity index (χ4v) is 11.9. The molecular weight excluding hydrogens is 1100 g/mol. The standard InChI is InChI=1S/C30H34F6N2O3.C29H33F6N3O3/c1-20(21-13-23(29(31,32)33)15-24(14-21)30(34,35)36)41-18-27(22-7-5-4-6-8-22)9-11-28(12-10-27,17-26(2,3)40)38-19-37-16-25(38)39;1-19(20-11-22(28(30,31)32)13-23(12-20)29(33,34)35)41-17-27(21-7-5-4-6-8-21)10-9-26(16-37-27,15-25(2,3)40)38-18-36-14-24(38)39/h4-8,13-15,19-20,40H,9-12,16-18H2,1-3H3;4-8,11-13,18-19,37,40H,9-10,14-17H2,1-3H3/t20-,27?,28?;19-,26-,27-/m11/s1. The highest BCUT2D eigenvalue weighted by atomic mass is 19.4. The molecule has 448 valence electrons. The summed E-state index contributed by atoms with van der Waals surface area (Å²) < 4.78 is 173. The Labute approximate surface area is 467 Å². The fourth-order valence-electron chi connectivity index (χ4n) is 11.9. The zero-order valence-corrected chi connectivity index (χ0v) is 46.1. The molecule has 8 rings (SSSR count). The Morgan fingerprint density at radius 1 is 0.524 bits per heavy atom. The van der Waals surface area contributed by atoms with Crippen LogP contribution in [0, 0.1) is 0 Å². The van der Waals surface area contributed by atoms with Gasteiger partial charge in [0.05, 0.1) is 88.2 Å². The van der Waals surface area contributed by atoms with E-state index in [1.165, 1.54) is 26.5 Å². The average molecular weight is 1170 g/mol. The van der Waals surface area contributed by atoms with E-state index in [4.69, 9.17) is 9.47 Å². The molecule has 4 aromatic rings. The van der Waals surface area contributed by atoms with Gasteiger partial charge in [-0.3, -0.25) is 29.4 Å². The van der Waals surface area contributed by atoms with E-state index in [0.717, 1.165) is 11.1 Å². The summed E-state index contributed by atoms with van der Waals surface area (Å²) in [6.45, 7) is 9.77. The molecule has 82 heavy (non-hydrogen) atoms. The van der Waals surface area contributed by atoms with Gasteiger partial charge >= 0.3 is 24.7 Å². The van der Waals surface area contributed by atoms with Crippen LogP contribution in [-0.2, 0) is 54.7 Å². The summed E-state index contributed by atoms with van der Waals surface area (Å²) in [4.78, 5) is 36.7. The number of aliphatic hydroxyl groups is 2. The zero-order valence-electron chi connectivity index (χ0n) is 46.1. The molecule has 0 spiro atoms. The molecule has 23 heteroatoms. The maximum Gasteiger partial charge on any atom is 0.416 e. The van der Waals surface area contributed by atoms with Crippen molar-refractivity contribution in [3.05, 3.63) is 142 Å². The van der Waals surface area contributed by atoms with Crippen molar-refractivity contribution >= 4 is 24.5 Å². The fraction of sp³-hybridized carbons (Fsp3) is 0.525. The molecule has 4 aliphatic rings. The number of ether oxygens (including phenoxy) is 2. The van der Waals surface area contributed by atoms with E-state index in [-0.39, 0.29) is 74.3 Å². The predicted octanol–water partition coefficient (Wildman–Crippen LogP) is 12.9. The second-order valence-electron chi connectivity index (χ2n) is 23.4. The zero-order chi connectivity index (χ0) is 60.5. The molecule has 1 saturated heterocycles. The number of hydrogen-bond acceptors (Lipinski definition) is 9. The van der Waals surface area contributed by atoms with Gasteiger partial charge in [0.2, 0.25) is 11.8 Å². The van der Waals surface area contributed by atoms with Crippen molar-refractivity contribution in [2.75, 3.05) is 32.8 Å². The third-order valence-electron chi connectivity index (χ3n) is 15.9. The number of aliphatic imine (C=N–C) groups is 2. The van der Waals surface area contributed by atoms with Gasteiger partial charge in [0, 0.05) is 18.4 Å². The van der Waals surface area contributed by atoms with Crippen LogP contribution in [0.1, 0.15) is 150 Å². The van der Waals surface area contributed by atoms with Crippen LogP contribution in [0.3, 0.4) is 0 Å². The van der Waals surface area contributed by atoms with E-state index in [1.54, 1.807) is 37.5 Å². The second kappa shape index (κ2) is 23.6. The molecule has 1 aliphatic carbocycles. The Bertz CT molecular complexity index is 2660. The SMILES string of the molecule is C[C@@H](OCC1(c2ccccc2)CCC(CC(C)(C)O)(N2C=NCC2=O)CC1)c1cc(C(F)(F)F)cc(C(F)(F)F)c1.C[C@@H](OC[C@@]1(c2ccccc2)CC[C@](CC(C)(C)O)(N2C=NCC2=O)CN1)c1cc(C(F)(F)F)cc(C(F)(F)F)c1. The summed E-state index contributed by atoms with van der Waals surface area (Å²) in [6.07, 6.45) is -15.6. The smallest absolute Gasteiger partial charge is 0.390 e. The molecule has 0 aromatic heterocycles. The van der Waals surface area contributed by atoms with Crippen molar-refractivity contribution in [2.24, 2.45) is 9.98 Å². The quantitative estimate of drug-likeness (QED) is 0.0951. The van der Waals surface area contributed by atoms with Crippen molar-refractivity contribution < 1.29 is 82.0 Å². The summed E-state index contributed by atoms with van der Waals surface area (Å²) in [5.41, 5.74) is -9.49. The molecule has 1 saturated carbocycles. The lowest BCUT2D eigenvalue weighted by Gasteiger charge is -2.52. The molecule has 4 aromatic carbocycles. The average Bonchev–Trinajstić information content (AvgIpc) is 4.20. The van der Waals surface area contributed by atoms with E-state index in [2.05, 4.69) is 15.3 Å². The van der Waals surface area contributed by atoms with E-state index in [0.29, 0.717) is 69.2 Å². The van der Waals surface area contributed by atoms with Crippen LogP contribution >= 0.6 is 0 Å². The largest absolute Gasteiger partial charge is 0.416 e. The number of hydrogen-bond donors (Lipinski definition) is 3. The maximum absolute atomic E-state index is 13.4. The van der Waals surface area contributed by atoms with Crippen molar-refractivity contribution in [2.45, 2.75) is 163 Å². The van der Waals surface area contributed by atoms with Crippen molar-refractivity contribution in [1.29, 1.82) is 0 Å². The molecule has 3 heterocycles. The van der Waals surface area contributed by atoms with Crippen molar-refractivity contribution in [3.8, 4) is 0 Å². The van der Waals surface area contributed by atoms with Gasteiger partial charge in [0.15, 0.2) is 0 Å². The summed E-state index contributed by atoms with van der Waals surface area (Å²) in [7, 11) is 0. The van der Waals surface area contributed by atoms with Gasteiger partial charge < -0.3 is 25.0 Å². The van der Waals surface area contributed by atoms with E-state index < -0.39 is 92.4 Å². The Morgan fingerprint density at radius 3 is 1.24 bits per heavy atom. The van der Waals surface area contributed by atoms with Crippen LogP contribution in [0.15, 0.2) is 107 Å². The van der Waals surface area contributed by atoms with E-state index >= 15 is 0 Å². The lowest BCUT2D eigenvalue weighted by atomic mass is 9.62. The normalized spacial score (nSPS) is 24.6.